The van der Waals surface area contributed by atoms with Crippen LogP contribution in [-0.4, -0.2) is 29.3 Å². The standard InChI is InChI=1S/C27H23FN4O2/c1-16-4-6-17(7-5-16)19-12-22-26(32-13-19)33-23-9-8-18(20-3-2-10-31-25(20)28)11-21(23)27(22)15-30-14-24(29)34-27/h2-13,24,30H,14-15,29H2,1H3/t24-,27?/m0/s1. The summed E-state index contributed by atoms with van der Waals surface area (Å²) in [4.78, 5) is 8.44. The average Bonchev–Trinajstić information content (AvgIpc) is 2.85. The van der Waals surface area contributed by atoms with E-state index in [1.54, 1.807) is 18.3 Å². The zero-order valence-electron chi connectivity index (χ0n) is 18.6. The Hall–Kier alpha value is -3.65. The Balaban J connectivity index is 1.54. The number of fused-ring (bicyclic) bond motifs is 4. The van der Waals surface area contributed by atoms with Crippen LogP contribution in [0.2, 0.25) is 0 Å². The van der Waals surface area contributed by atoms with Gasteiger partial charge in [0.05, 0.1) is 5.56 Å². The quantitative estimate of drug-likeness (QED) is 0.434. The van der Waals surface area contributed by atoms with Crippen molar-refractivity contribution in [2.75, 3.05) is 13.1 Å². The molecule has 1 saturated heterocycles. The van der Waals surface area contributed by atoms with Crippen molar-refractivity contribution in [3.63, 3.8) is 0 Å². The van der Waals surface area contributed by atoms with Gasteiger partial charge in [-0.25, -0.2) is 9.97 Å². The third kappa shape index (κ3) is 3.37. The van der Waals surface area contributed by atoms with E-state index in [1.807, 2.05) is 24.3 Å². The molecule has 2 aromatic carbocycles. The summed E-state index contributed by atoms with van der Waals surface area (Å²) in [7, 11) is 0. The topological polar surface area (TPSA) is 82.3 Å². The van der Waals surface area contributed by atoms with Crippen LogP contribution in [0.3, 0.4) is 0 Å². The molecule has 7 heteroatoms. The molecule has 3 N–H and O–H groups in total. The normalized spacial score (nSPS) is 21.0. The van der Waals surface area contributed by atoms with Gasteiger partial charge < -0.3 is 20.5 Å². The maximum absolute atomic E-state index is 14.5. The highest BCUT2D eigenvalue weighted by atomic mass is 19.1. The Morgan fingerprint density at radius 2 is 1.79 bits per heavy atom. The van der Waals surface area contributed by atoms with Crippen LogP contribution in [0.1, 0.15) is 16.7 Å². The highest BCUT2D eigenvalue weighted by Gasteiger charge is 2.47. The van der Waals surface area contributed by atoms with E-state index in [9.17, 15) is 4.39 Å². The molecule has 0 bridgehead atoms. The van der Waals surface area contributed by atoms with Crippen molar-refractivity contribution < 1.29 is 13.9 Å². The van der Waals surface area contributed by atoms with E-state index < -0.39 is 17.8 Å². The minimum Gasteiger partial charge on any atom is -0.438 e. The van der Waals surface area contributed by atoms with Gasteiger partial charge in [0.15, 0.2) is 0 Å². The van der Waals surface area contributed by atoms with Crippen molar-refractivity contribution in [1.82, 2.24) is 15.3 Å². The number of nitrogens with zero attached hydrogens (tertiary/aromatic N) is 2. The van der Waals surface area contributed by atoms with Gasteiger partial charge >= 0.3 is 0 Å². The van der Waals surface area contributed by atoms with Crippen LogP contribution < -0.4 is 15.8 Å². The third-order valence-electron chi connectivity index (χ3n) is 6.43. The number of hydrogen-bond acceptors (Lipinski definition) is 6. The van der Waals surface area contributed by atoms with Gasteiger partial charge in [0.2, 0.25) is 11.8 Å². The first kappa shape index (κ1) is 20.9. The maximum Gasteiger partial charge on any atom is 0.225 e. The van der Waals surface area contributed by atoms with Gasteiger partial charge in [-0.1, -0.05) is 35.9 Å². The van der Waals surface area contributed by atoms with Gasteiger partial charge in [-0.3, -0.25) is 0 Å². The Bertz CT molecular complexity index is 1390. The second-order valence-electron chi connectivity index (χ2n) is 8.71. The van der Waals surface area contributed by atoms with Crippen LogP contribution in [-0.2, 0) is 10.3 Å². The van der Waals surface area contributed by atoms with Gasteiger partial charge in [0.1, 0.15) is 17.6 Å². The molecule has 1 spiro atoms. The molecule has 1 fully saturated rings. The monoisotopic (exact) mass is 454 g/mol. The number of hydrogen-bond donors (Lipinski definition) is 2. The predicted molar refractivity (Wildman–Crippen MR) is 127 cm³/mol. The van der Waals surface area contributed by atoms with Crippen LogP contribution in [0, 0.1) is 12.9 Å². The van der Waals surface area contributed by atoms with E-state index in [0.29, 0.717) is 35.8 Å². The van der Waals surface area contributed by atoms with Crippen molar-refractivity contribution in [1.29, 1.82) is 0 Å². The van der Waals surface area contributed by atoms with Gasteiger partial charge in [-0.05, 0) is 48.4 Å². The van der Waals surface area contributed by atoms with Crippen molar-refractivity contribution in [2.24, 2.45) is 5.73 Å². The molecule has 6 rings (SSSR count). The van der Waals surface area contributed by atoms with Crippen LogP contribution in [0.15, 0.2) is 73.1 Å². The maximum atomic E-state index is 14.5. The highest BCUT2D eigenvalue weighted by Crippen LogP contribution is 2.50. The number of morpholine rings is 1. The molecule has 4 aromatic rings. The zero-order valence-corrected chi connectivity index (χ0v) is 18.6. The summed E-state index contributed by atoms with van der Waals surface area (Å²) >= 11 is 0. The first-order valence-corrected chi connectivity index (χ1v) is 11.2. The first-order valence-electron chi connectivity index (χ1n) is 11.2. The van der Waals surface area contributed by atoms with Crippen LogP contribution in [0.25, 0.3) is 22.3 Å². The molecular formula is C27H23FN4O2. The van der Waals surface area contributed by atoms with Gasteiger partial charge in [-0.15, -0.1) is 0 Å². The Morgan fingerprint density at radius 1 is 1.00 bits per heavy atom. The second kappa shape index (κ2) is 7.99. The summed E-state index contributed by atoms with van der Waals surface area (Å²) in [6.45, 7) is 3.05. The van der Waals surface area contributed by atoms with Crippen molar-refractivity contribution in [2.45, 2.75) is 18.8 Å². The Morgan fingerprint density at radius 3 is 2.59 bits per heavy atom. The van der Waals surface area contributed by atoms with Gasteiger partial charge in [-0.2, -0.15) is 4.39 Å². The number of nitrogens with two attached hydrogens (primary N) is 1. The largest absolute Gasteiger partial charge is 0.438 e. The number of nitrogens with one attached hydrogen (secondary N) is 1. The lowest BCUT2D eigenvalue weighted by molar-refractivity contribution is -0.0973. The fraction of sp³-hybridized carbons (Fsp3) is 0.185. The molecule has 170 valence electrons. The number of aryl methyl sites for hydroxylation is 1. The highest BCUT2D eigenvalue weighted by molar-refractivity contribution is 5.70. The van der Waals surface area contributed by atoms with E-state index in [4.69, 9.17) is 15.2 Å². The Labute approximate surface area is 196 Å². The molecule has 0 aliphatic carbocycles. The number of aromatic nitrogens is 2. The zero-order chi connectivity index (χ0) is 23.3. The first-order chi connectivity index (χ1) is 16.5. The lowest BCUT2D eigenvalue weighted by Crippen LogP contribution is -2.56. The molecule has 2 atom stereocenters. The van der Waals surface area contributed by atoms with Crippen LogP contribution in [0.5, 0.6) is 11.6 Å². The van der Waals surface area contributed by atoms with Crippen LogP contribution >= 0.6 is 0 Å². The SMILES string of the molecule is Cc1ccc(-c2cnc3c(c2)C2(CNC[C@@H](N)O2)c2cc(-c4cccnc4F)ccc2O3)cc1. The van der Waals surface area contributed by atoms with Gasteiger partial charge in [0, 0.05) is 42.2 Å². The fourth-order valence-electron chi connectivity index (χ4n) is 4.73. The molecular weight excluding hydrogens is 431 g/mol. The van der Waals surface area contributed by atoms with E-state index >= 15 is 0 Å². The number of rotatable bonds is 2. The molecule has 6 nitrogen and oxygen atoms in total. The minimum absolute atomic E-state index is 0.408. The second-order valence-corrected chi connectivity index (χ2v) is 8.71. The molecule has 1 unspecified atom stereocenters. The van der Waals surface area contributed by atoms with E-state index in [1.165, 1.54) is 11.8 Å². The van der Waals surface area contributed by atoms with Gasteiger partial charge in [0.25, 0.3) is 0 Å². The Kier molecular flexibility index (Phi) is 4.91. The number of halogens is 1. The molecule has 2 aliphatic rings. The summed E-state index contributed by atoms with van der Waals surface area (Å²) in [6, 6.07) is 19.3. The summed E-state index contributed by atoms with van der Waals surface area (Å²) in [5.74, 6) is 0.544. The predicted octanol–water partition coefficient (Wildman–Crippen LogP) is 4.51. The molecule has 0 radical (unpaired) electrons. The minimum atomic E-state index is -0.941. The van der Waals surface area contributed by atoms with E-state index in [-0.39, 0.29) is 0 Å². The number of ether oxygens (including phenoxy) is 2. The summed E-state index contributed by atoms with van der Waals surface area (Å²) < 4.78 is 27.2. The smallest absolute Gasteiger partial charge is 0.225 e. The molecule has 34 heavy (non-hydrogen) atoms. The lowest BCUT2D eigenvalue weighted by Gasteiger charge is -2.44. The lowest BCUT2D eigenvalue weighted by atomic mass is 9.81. The third-order valence-corrected chi connectivity index (χ3v) is 6.43. The summed E-state index contributed by atoms with van der Waals surface area (Å²) in [5, 5.41) is 3.39. The van der Waals surface area contributed by atoms with Crippen molar-refractivity contribution in [3.8, 4) is 33.9 Å². The summed E-state index contributed by atoms with van der Waals surface area (Å²) in [6.07, 6.45) is 2.70. The molecule has 0 saturated carbocycles. The number of pyridine rings is 2. The van der Waals surface area contributed by atoms with E-state index in [0.717, 1.165) is 22.3 Å². The fourth-order valence-corrected chi connectivity index (χ4v) is 4.73. The molecule has 4 heterocycles. The van der Waals surface area contributed by atoms with Crippen molar-refractivity contribution >= 4 is 0 Å². The molecule has 2 aliphatic heterocycles. The number of benzene rings is 2. The molecule has 0 amide bonds. The van der Waals surface area contributed by atoms with Crippen LogP contribution in [0.4, 0.5) is 4.39 Å². The average molecular weight is 455 g/mol. The van der Waals surface area contributed by atoms with E-state index in [2.05, 4.69) is 46.5 Å². The summed E-state index contributed by atoms with van der Waals surface area (Å²) in [5.41, 5.74) is 11.2. The molecule has 2 aromatic heterocycles. The van der Waals surface area contributed by atoms with Crippen molar-refractivity contribution in [3.05, 3.63) is 95.7 Å².